The number of carbonyl (C=O) groups excluding carboxylic acids is 1. The Balaban J connectivity index is 1.56. The smallest absolute Gasteiger partial charge is 0.336 e. The molecule has 8 heteroatoms. The molecule has 5 aromatic rings. The molecule has 1 aromatic heterocycles. The van der Waals surface area contributed by atoms with Crippen LogP contribution < -0.4 is 0 Å². The number of rotatable bonds is 9. The second kappa shape index (κ2) is 11.4. The number of aromatic carboxylic acids is 1. The normalized spacial score (nSPS) is 12.0. The van der Waals surface area contributed by atoms with Gasteiger partial charge in [0, 0.05) is 34.2 Å². The van der Waals surface area contributed by atoms with Gasteiger partial charge in [-0.2, -0.15) is 0 Å². The van der Waals surface area contributed by atoms with E-state index in [0.717, 1.165) is 30.5 Å². The lowest BCUT2D eigenvalue weighted by atomic mass is 9.87. The van der Waals surface area contributed by atoms with Crippen molar-refractivity contribution in [3.63, 3.8) is 0 Å². The van der Waals surface area contributed by atoms with E-state index in [1.165, 1.54) is 6.07 Å². The maximum absolute atomic E-state index is 14.4. The van der Waals surface area contributed by atoms with Gasteiger partial charge in [0.05, 0.1) is 11.1 Å². The molecule has 0 spiro atoms. The Morgan fingerprint density at radius 2 is 1.75 bits per heavy atom. The molecule has 0 fully saturated rings. The lowest BCUT2D eigenvalue weighted by molar-refractivity contribution is 0.0697. The molecule has 0 aliphatic heterocycles. The Hall–Kier alpha value is -4.36. The van der Waals surface area contributed by atoms with Gasteiger partial charge in [0.1, 0.15) is 17.2 Å². The number of benzene rings is 4. The first-order chi connectivity index (χ1) is 19.3. The molecular weight excluding hydrogens is 534 g/mol. The van der Waals surface area contributed by atoms with Crippen LogP contribution in [0.15, 0.2) is 78.9 Å². The SMILES string of the molecule is CCC[C@@H](CC(=O)c1ccc(-c2c(Cl)cccc2-c2nc3c(F)cc(F)cc3[nH]2)c(C(=O)O)c1)c1ccccc1. The quantitative estimate of drug-likeness (QED) is 0.177. The van der Waals surface area contributed by atoms with Crippen LogP contribution in [-0.4, -0.2) is 26.8 Å². The zero-order valence-corrected chi connectivity index (χ0v) is 22.3. The van der Waals surface area contributed by atoms with Gasteiger partial charge in [-0.3, -0.25) is 4.79 Å². The molecule has 0 saturated heterocycles. The summed E-state index contributed by atoms with van der Waals surface area (Å²) in [6.45, 7) is 2.06. The third-order valence-corrected chi connectivity index (χ3v) is 7.27. The number of aromatic nitrogens is 2. The first-order valence-corrected chi connectivity index (χ1v) is 13.2. The average molecular weight is 559 g/mol. The highest BCUT2D eigenvalue weighted by atomic mass is 35.5. The second-order valence-corrected chi connectivity index (χ2v) is 10.0. The molecule has 0 amide bonds. The molecule has 0 aliphatic rings. The Kier molecular flexibility index (Phi) is 7.76. The van der Waals surface area contributed by atoms with Gasteiger partial charge >= 0.3 is 5.97 Å². The van der Waals surface area contributed by atoms with Crippen LogP contribution in [0.5, 0.6) is 0 Å². The highest BCUT2D eigenvalue weighted by Crippen LogP contribution is 2.40. The predicted octanol–water partition coefficient (Wildman–Crippen LogP) is 8.68. The summed E-state index contributed by atoms with van der Waals surface area (Å²) in [5, 5.41) is 10.4. The summed E-state index contributed by atoms with van der Waals surface area (Å²) < 4.78 is 28.1. The van der Waals surface area contributed by atoms with Crippen molar-refractivity contribution in [2.45, 2.75) is 32.1 Å². The molecule has 202 valence electrons. The number of carbonyl (C=O) groups is 2. The van der Waals surface area contributed by atoms with E-state index in [1.54, 1.807) is 30.3 Å². The first-order valence-electron chi connectivity index (χ1n) is 12.9. The number of carboxylic acids is 1. The van der Waals surface area contributed by atoms with E-state index in [-0.39, 0.29) is 56.7 Å². The Morgan fingerprint density at radius 1 is 0.975 bits per heavy atom. The van der Waals surface area contributed by atoms with E-state index in [9.17, 15) is 23.5 Å². The summed E-state index contributed by atoms with van der Waals surface area (Å²) >= 11 is 6.58. The Morgan fingerprint density at radius 3 is 2.48 bits per heavy atom. The number of carboxylic acid groups (broad SMARTS) is 1. The van der Waals surface area contributed by atoms with Crippen LogP contribution in [0, 0.1) is 11.6 Å². The van der Waals surface area contributed by atoms with E-state index in [0.29, 0.717) is 11.1 Å². The van der Waals surface area contributed by atoms with Gasteiger partial charge < -0.3 is 10.1 Å². The topological polar surface area (TPSA) is 83.0 Å². The van der Waals surface area contributed by atoms with Gasteiger partial charge in [0.25, 0.3) is 0 Å². The maximum atomic E-state index is 14.4. The zero-order chi connectivity index (χ0) is 28.4. The summed E-state index contributed by atoms with van der Waals surface area (Å²) in [4.78, 5) is 33.0. The van der Waals surface area contributed by atoms with E-state index in [2.05, 4.69) is 16.9 Å². The van der Waals surface area contributed by atoms with E-state index in [1.807, 2.05) is 30.3 Å². The van der Waals surface area contributed by atoms with Gasteiger partial charge in [-0.05, 0) is 41.7 Å². The first kappa shape index (κ1) is 27.2. The fourth-order valence-electron chi connectivity index (χ4n) is 5.08. The van der Waals surface area contributed by atoms with Crippen molar-refractivity contribution in [3.05, 3.63) is 112 Å². The van der Waals surface area contributed by atoms with Crippen LogP contribution in [0.2, 0.25) is 5.02 Å². The number of nitrogens with zero attached hydrogens (tertiary/aromatic N) is 1. The fourth-order valence-corrected chi connectivity index (χ4v) is 5.36. The summed E-state index contributed by atoms with van der Waals surface area (Å²) in [5.74, 6) is -2.77. The molecule has 5 nitrogen and oxygen atoms in total. The lowest BCUT2D eigenvalue weighted by Gasteiger charge is -2.17. The summed E-state index contributed by atoms with van der Waals surface area (Å²) in [7, 11) is 0. The molecule has 40 heavy (non-hydrogen) atoms. The van der Waals surface area contributed by atoms with Crippen LogP contribution in [0.25, 0.3) is 33.5 Å². The van der Waals surface area contributed by atoms with Gasteiger partial charge in [-0.25, -0.2) is 18.6 Å². The molecule has 2 N–H and O–H groups in total. The number of imidazole rings is 1. The number of fused-ring (bicyclic) bond motifs is 1. The second-order valence-electron chi connectivity index (χ2n) is 9.62. The Labute approximate surface area is 234 Å². The molecule has 0 saturated carbocycles. The summed E-state index contributed by atoms with van der Waals surface area (Å²) in [6, 6.07) is 21.1. The summed E-state index contributed by atoms with van der Waals surface area (Å²) in [5.41, 5.74) is 2.35. The molecule has 1 atom stereocenters. The number of Topliss-reactive ketones (excluding diaryl/α,β-unsaturated/α-hetero) is 1. The van der Waals surface area contributed by atoms with Gasteiger partial charge in [-0.15, -0.1) is 0 Å². The number of hydrogen-bond donors (Lipinski definition) is 2. The van der Waals surface area contributed by atoms with Crippen LogP contribution in [0.4, 0.5) is 8.78 Å². The molecule has 4 aromatic carbocycles. The highest BCUT2D eigenvalue weighted by Gasteiger charge is 2.23. The highest BCUT2D eigenvalue weighted by molar-refractivity contribution is 6.34. The summed E-state index contributed by atoms with van der Waals surface area (Å²) in [6.07, 6.45) is 1.97. The van der Waals surface area contributed by atoms with Crippen LogP contribution in [0.3, 0.4) is 0 Å². The van der Waals surface area contributed by atoms with Crippen LogP contribution in [-0.2, 0) is 0 Å². The van der Waals surface area contributed by atoms with E-state index < -0.39 is 17.6 Å². The van der Waals surface area contributed by atoms with Gasteiger partial charge in [0.15, 0.2) is 11.6 Å². The number of aromatic amines is 1. The largest absolute Gasteiger partial charge is 0.478 e. The number of ketones is 1. The molecule has 5 rings (SSSR count). The molecular formula is C32H25ClF2N2O3. The standard InChI is InChI=1S/C32H25ClF2N2O3/c1-2-7-19(18-8-4-3-5-9-18)15-28(38)20-12-13-22(24(14-20)32(39)40)29-23(10-6-11-25(29)33)31-36-27-17-21(34)16-26(35)30(27)37-31/h3-6,8-14,16-17,19H,2,7,15H2,1H3,(H,36,37)(H,39,40)/t19-/m0/s1. The minimum Gasteiger partial charge on any atom is -0.478 e. The van der Waals surface area contributed by atoms with Crippen molar-refractivity contribution in [2.24, 2.45) is 0 Å². The molecule has 0 radical (unpaired) electrons. The van der Waals surface area contributed by atoms with E-state index in [4.69, 9.17) is 11.6 Å². The minimum absolute atomic E-state index is 0.0140. The van der Waals surface area contributed by atoms with Crippen molar-refractivity contribution >= 4 is 34.4 Å². The third kappa shape index (κ3) is 5.38. The van der Waals surface area contributed by atoms with Gasteiger partial charge in [-0.1, -0.05) is 79.5 Å². The monoisotopic (exact) mass is 558 g/mol. The molecule has 0 bridgehead atoms. The van der Waals surface area contributed by atoms with Crippen molar-refractivity contribution in [1.82, 2.24) is 9.97 Å². The van der Waals surface area contributed by atoms with Crippen molar-refractivity contribution in [2.75, 3.05) is 0 Å². The van der Waals surface area contributed by atoms with Crippen molar-refractivity contribution in [1.29, 1.82) is 0 Å². The number of H-pyrrole nitrogens is 1. The van der Waals surface area contributed by atoms with E-state index >= 15 is 0 Å². The number of halogens is 3. The van der Waals surface area contributed by atoms with Crippen LogP contribution in [0.1, 0.15) is 58.4 Å². The number of hydrogen-bond acceptors (Lipinski definition) is 3. The molecule has 0 unspecified atom stereocenters. The van der Waals surface area contributed by atoms with Crippen molar-refractivity contribution in [3.8, 4) is 22.5 Å². The third-order valence-electron chi connectivity index (χ3n) is 6.95. The average Bonchev–Trinajstić information content (AvgIpc) is 3.37. The van der Waals surface area contributed by atoms with Crippen LogP contribution >= 0.6 is 11.6 Å². The predicted molar refractivity (Wildman–Crippen MR) is 152 cm³/mol. The molecule has 1 heterocycles. The fraction of sp³-hybridized carbons (Fsp3) is 0.156. The maximum Gasteiger partial charge on any atom is 0.336 e. The lowest BCUT2D eigenvalue weighted by Crippen LogP contribution is -2.10. The zero-order valence-electron chi connectivity index (χ0n) is 21.5. The minimum atomic E-state index is -1.23. The molecule has 0 aliphatic carbocycles. The van der Waals surface area contributed by atoms with Gasteiger partial charge in [0.2, 0.25) is 0 Å². The van der Waals surface area contributed by atoms with Crippen molar-refractivity contribution < 1.29 is 23.5 Å². The Bertz CT molecular complexity index is 1730. The number of nitrogens with one attached hydrogen (secondary N) is 1.